The van der Waals surface area contributed by atoms with E-state index in [9.17, 15) is 19.8 Å². The zero-order chi connectivity index (χ0) is 22.3. The first kappa shape index (κ1) is 21.4. The minimum Gasteiger partial charge on any atom is -0.507 e. The first-order valence-corrected chi connectivity index (χ1v) is 11.1. The number of benzene rings is 2. The van der Waals surface area contributed by atoms with Crippen LogP contribution < -0.4 is 9.64 Å². The Kier molecular flexibility index (Phi) is 5.79. The monoisotopic (exact) mass is 519 g/mol. The van der Waals surface area contributed by atoms with Crippen LogP contribution in [0.4, 0.5) is 5.69 Å². The van der Waals surface area contributed by atoms with Crippen LogP contribution in [0.5, 0.6) is 11.5 Å². The number of Topliss-reactive ketones (excluding diaryl/α,β-unsaturated/α-hetero) is 1. The van der Waals surface area contributed by atoms with Crippen molar-refractivity contribution in [3.05, 3.63) is 79.4 Å². The van der Waals surface area contributed by atoms with E-state index in [4.69, 9.17) is 16.3 Å². The summed E-state index contributed by atoms with van der Waals surface area (Å²) in [4.78, 5) is 27.9. The number of aliphatic hydroxyl groups is 1. The molecule has 1 fully saturated rings. The Balaban J connectivity index is 1.94. The number of rotatable bonds is 4. The second kappa shape index (κ2) is 8.37. The van der Waals surface area contributed by atoms with Gasteiger partial charge < -0.3 is 14.9 Å². The van der Waals surface area contributed by atoms with Gasteiger partial charge in [0.15, 0.2) is 0 Å². The zero-order valence-corrected chi connectivity index (χ0v) is 19.2. The molecule has 158 valence electrons. The van der Waals surface area contributed by atoms with Crippen molar-refractivity contribution in [1.82, 2.24) is 0 Å². The smallest absolute Gasteiger partial charge is 0.300 e. The zero-order valence-electron chi connectivity index (χ0n) is 16.0. The van der Waals surface area contributed by atoms with E-state index in [0.29, 0.717) is 25.7 Å². The third-order valence-electron chi connectivity index (χ3n) is 4.88. The second-order valence-corrected chi connectivity index (χ2v) is 8.94. The maximum absolute atomic E-state index is 13.1. The van der Waals surface area contributed by atoms with Gasteiger partial charge in [-0.05, 0) is 63.8 Å². The van der Waals surface area contributed by atoms with Gasteiger partial charge in [0, 0.05) is 15.5 Å². The molecular formula is C22H15BrClNO5S. The molecule has 4 rings (SSSR count). The summed E-state index contributed by atoms with van der Waals surface area (Å²) in [5.41, 5.74) is 0.342. The fraction of sp³-hybridized carbons (Fsp3) is 0.0909. The normalized spacial score (nSPS) is 17.9. The Bertz CT molecular complexity index is 1220. The topological polar surface area (TPSA) is 87.1 Å². The third-order valence-corrected chi connectivity index (χ3v) is 6.66. The lowest BCUT2D eigenvalue weighted by atomic mass is 9.99. The molecule has 0 bridgehead atoms. The minimum absolute atomic E-state index is 0.0797. The SMILES string of the molecule is COc1ccc(/C(O)=C2/C(=O)C(=O)N(c3cc(Cl)ccc3O)C2c2cccs2)cc1Br. The van der Waals surface area contributed by atoms with Crippen molar-refractivity contribution in [3.63, 3.8) is 0 Å². The number of hydrogen-bond donors (Lipinski definition) is 2. The molecule has 0 radical (unpaired) electrons. The molecule has 1 aliphatic rings. The summed E-state index contributed by atoms with van der Waals surface area (Å²) in [5, 5.41) is 23.6. The minimum atomic E-state index is -0.926. The number of thiophene rings is 1. The van der Waals surface area contributed by atoms with Gasteiger partial charge in [-0.1, -0.05) is 17.7 Å². The van der Waals surface area contributed by atoms with Crippen LogP contribution in [0.2, 0.25) is 5.02 Å². The molecule has 1 unspecified atom stereocenters. The first-order valence-electron chi connectivity index (χ1n) is 9.00. The standard InChI is InChI=1S/C22H15BrClNO5S/c1-30-16-7-4-11(9-13(16)23)20(27)18-19(17-3-2-8-31-17)25(22(29)21(18)28)14-10-12(24)5-6-15(14)26/h2-10,19,26-27H,1H3/b20-18-. The molecule has 1 amide bonds. The molecule has 1 atom stereocenters. The molecule has 2 aromatic carbocycles. The summed E-state index contributed by atoms with van der Waals surface area (Å²) in [6.07, 6.45) is 0. The van der Waals surface area contributed by atoms with Gasteiger partial charge in [0.2, 0.25) is 0 Å². The lowest BCUT2D eigenvalue weighted by molar-refractivity contribution is -0.132. The molecule has 31 heavy (non-hydrogen) atoms. The van der Waals surface area contributed by atoms with Crippen LogP contribution in [0.15, 0.2) is 64.0 Å². The summed E-state index contributed by atoms with van der Waals surface area (Å²) < 4.78 is 5.79. The maximum Gasteiger partial charge on any atom is 0.300 e. The number of carbonyl (C=O) groups excluding carboxylic acids is 2. The summed E-state index contributed by atoms with van der Waals surface area (Å²) in [7, 11) is 1.51. The van der Waals surface area contributed by atoms with Gasteiger partial charge in [0.05, 0.1) is 22.8 Å². The molecule has 0 saturated carbocycles. The van der Waals surface area contributed by atoms with Gasteiger partial charge in [-0.15, -0.1) is 11.3 Å². The highest BCUT2D eigenvalue weighted by Crippen LogP contribution is 2.46. The second-order valence-electron chi connectivity index (χ2n) is 6.67. The van der Waals surface area contributed by atoms with E-state index in [0.717, 1.165) is 0 Å². The number of nitrogens with zero attached hydrogens (tertiary/aromatic N) is 1. The molecule has 9 heteroatoms. The van der Waals surface area contributed by atoms with Crippen molar-refractivity contribution in [2.24, 2.45) is 0 Å². The summed E-state index contributed by atoms with van der Waals surface area (Å²) >= 11 is 10.8. The van der Waals surface area contributed by atoms with E-state index in [1.54, 1.807) is 35.7 Å². The third kappa shape index (κ3) is 3.71. The number of methoxy groups -OCH3 is 1. The Morgan fingerprint density at radius 2 is 1.97 bits per heavy atom. The van der Waals surface area contributed by atoms with Gasteiger partial charge in [-0.2, -0.15) is 0 Å². The van der Waals surface area contributed by atoms with E-state index in [2.05, 4.69) is 15.9 Å². The van der Waals surface area contributed by atoms with Crippen LogP contribution in [0, 0.1) is 0 Å². The van der Waals surface area contributed by atoms with Crippen molar-refractivity contribution >= 4 is 62.0 Å². The Hall–Kier alpha value is -2.81. The highest BCUT2D eigenvalue weighted by molar-refractivity contribution is 9.10. The number of hydrogen-bond acceptors (Lipinski definition) is 6. The van der Waals surface area contributed by atoms with Crippen molar-refractivity contribution in [2.45, 2.75) is 6.04 Å². The molecule has 2 heterocycles. The van der Waals surface area contributed by atoms with Crippen LogP contribution in [0.1, 0.15) is 16.5 Å². The first-order chi connectivity index (χ1) is 14.8. The van der Waals surface area contributed by atoms with E-state index in [-0.39, 0.29) is 22.8 Å². The number of aromatic hydroxyl groups is 1. The quantitative estimate of drug-likeness (QED) is 0.269. The lowest BCUT2D eigenvalue weighted by Crippen LogP contribution is -2.29. The summed E-state index contributed by atoms with van der Waals surface area (Å²) in [6.45, 7) is 0. The Morgan fingerprint density at radius 3 is 2.61 bits per heavy atom. The van der Waals surface area contributed by atoms with E-state index >= 15 is 0 Å². The van der Waals surface area contributed by atoms with E-state index in [1.807, 2.05) is 0 Å². The van der Waals surface area contributed by atoms with Crippen LogP contribution in [-0.4, -0.2) is 29.0 Å². The largest absolute Gasteiger partial charge is 0.507 e. The van der Waals surface area contributed by atoms with E-state index in [1.165, 1.54) is 41.5 Å². The number of carbonyl (C=O) groups is 2. The average Bonchev–Trinajstić information content (AvgIpc) is 3.36. The van der Waals surface area contributed by atoms with Gasteiger partial charge in [0.1, 0.15) is 23.3 Å². The van der Waals surface area contributed by atoms with Crippen molar-refractivity contribution < 1.29 is 24.5 Å². The summed E-state index contributed by atoms with van der Waals surface area (Å²) in [6, 6.07) is 11.7. The number of aliphatic hydroxyl groups excluding tert-OH is 1. The Labute approximate surface area is 195 Å². The van der Waals surface area contributed by atoms with Gasteiger partial charge in [-0.3, -0.25) is 14.5 Å². The highest BCUT2D eigenvalue weighted by Gasteiger charge is 2.48. The van der Waals surface area contributed by atoms with Crippen molar-refractivity contribution in [1.29, 1.82) is 0 Å². The van der Waals surface area contributed by atoms with Crippen LogP contribution in [0.3, 0.4) is 0 Å². The van der Waals surface area contributed by atoms with Gasteiger partial charge >= 0.3 is 0 Å². The molecule has 2 N–H and O–H groups in total. The van der Waals surface area contributed by atoms with Gasteiger partial charge in [0.25, 0.3) is 11.7 Å². The number of ketones is 1. The molecule has 1 aliphatic heterocycles. The summed E-state index contributed by atoms with van der Waals surface area (Å²) in [5.74, 6) is -1.72. The predicted molar refractivity (Wildman–Crippen MR) is 123 cm³/mol. The van der Waals surface area contributed by atoms with Crippen LogP contribution >= 0.6 is 38.9 Å². The molecule has 0 spiro atoms. The fourth-order valence-corrected chi connectivity index (χ4v) is 4.99. The number of amides is 1. The molecule has 1 aromatic heterocycles. The number of ether oxygens (including phenoxy) is 1. The molecule has 6 nitrogen and oxygen atoms in total. The number of phenolic OH excluding ortho intramolecular Hbond substituents is 1. The highest BCUT2D eigenvalue weighted by atomic mass is 79.9. The molecular weight excluding hydrogens is 506 g/mol. The molecule has 3 aromatic rings. The van der Waals surface area contributed by atoms with Crippen LogP contribution in [-0.2, 0) is 9.59 Å². The molecule has 0 aliphatic carbocycles. The van der Waals surface area contributed by atoms with Gasteiger partial charge in [-0.25, -0.2) is 0 Å². The van der Waals surface area contributed by atoms with Crippen LogP contribution in [0.25, 0.3) is 5.76 Å². The number of phenols is 1. The Morgan fingerprint density at radius 1 is 1.19 bits per heavy atom. The lowest BCUT2D eigenvalue weighted by Gasteiger charge is -2.25. The van der Waals surface area contributed by atoms with Crippen molar-refractivity contribution in [2.75, 3.05) is 12.0 Å². The fourth-order valence-electron chi connectivity index (χ4n) is 3.46. The predicted octanol–water partition coefficient (Wildman–Crippen LogP) is 5.50. The van der Waals surface area contributed by atoms with E-state index < -0.39 is 17.7 Å². The molecule has 1 saturated heterocycles. The van der Waals surface area contributed by atoms with Crippen molar-refractivity contribution in [3.8, 4) is 11.5 Å². The number of halogens is 2. The maximum atomic E-state index is 13.1. The number of anilines is 1. The average molecular weight is 521 g/mol.